The van der Waals surface area contributed by atoms with E-state index in [1.54, 1.807) is 0 Å². The second-order valence-corrected chi connectivity index (χ2v) is 3.76. The summed E-state index contributed by atoms with van der Waals surface area (Å²) < 4.78 is 25.8. The van der Waals surface area contributed by atoms with E-state index in [0.29, 0.717) is 5.56 Å². The number of hydrogen-bond donors (Lipinski definition) is 1. The van der Waals surface area contributed by atoms with Crippen molar-refractivity contribution in [3.63, 3.8) is 0 Å². The summed E-state index contributed by atoms with van der Waals surface area (Å²) in [6.45, 7) is 1.90. The minimum Gasteiger partial charge on any atom is -0.316 e. The highest BCUT2D eigenvalue weighted by molar-refractivity contribution is 5.85. The summed E-state index contributed by atoms with van der Waals surface area (Å²) in [7, 11) is 0. The van der Waals surface area contributed by atoms with Gasteiger partial charge in [0.05, 0.1) is 0 Å². The Hall–Kier alpha value is -0.930. The molecule has 4 heteroatoms. The van der Waals surface area contributed by atoms with Crippen LogP contribution in [0.3, 0.4) is 0 Å². The second kappa shape index (κ2) is 5.97. The zero-order valence-corrected chi connectivity index (χ0v) is 9.62. The monoisotopic (exact) mass is 245 g/mol. The molecule has 88 valence electrons. The van der Waals surface area contributed by atoms with Gasteiger partial charge in [-0.05, 0) is 43.6 Å². The molecule has 16 heavy (non-hydrogen) atoms. The van der Waals surface area contributed by atoms with Gasteiger partial charge in [0.15, 0.2) is 0 Å². The Labute approximate surface area is 100.0 Å². The van der Waals surface area contributed by atoms with Crippen LogP contribution >= 0.6 is 12.4 Å². The Morgan fingerprint density at radius 1 is 1.00 bits per heavy atom. The summed E-state index contributed by atoms with van der Waals surface area (Å²) >= 11 is 0. The van der Waals surface area contributed by atoms with Crippen LogP contribution in [0, 0.1) is 11.6 Å². The van der Waals surface area contributed by atoms with Gasteiger partial charge in [-0.1, -0.05) is 11.6 Å². The van der Waals surface area contributed by atoms with Gasteiger partial charge < -0.3 is 5.32 Å². The fourth-order valence-corrected chi connectivity index (χ4v) is 1.79. The molecule has 0 spiro atoms. The maximum absolute atomic E-state index is 12.9. The molecule has 1 fully saturated rings. The molecule has 0 bridgehead atoms. The van der Waals surface area contributed by atoms with Crippen molar-refractivity contribution in [2.75, 3.05) is 13.1 Å². The summed E-state index contributed by atoms with van der Waals surface area (Å²) in [6.07, 6.45) is 3.79. The first kappa shape index (κ1) is 13.1. The molecule has 1 heterocycles. The predicted octanol–water partition coefficient (Wildman–Crippen LogP) is 3.15. The van der Waals surface area contributed by atoms with Gasteiger partial charge in [-0.3, -0.25) is 0 Å². The van der Waals surface area contributed by atoms with Gasteiger partial charge in [-0.25, -0.2) is 8.78 Å². The molecule has 0 unspecified atom stereocenters. The molecular weight excluding hydrogens is 232 g/mol. The molecule has 1 saturated heterocycles. The van der Waals surface area contributed by atoms with E-state index >= 15 is 0 Å². The molecule has 2 rings (SSSR count). The zero-order chi connectivity index (χ0) is 10.7. The number of nitrogens with one attached hydrogen (secondary N) is 1. The molecule has 1 aromatic carbocycles. The molecule has 1 nitrogen and oxygen atoms in total. The summed E-state index contributed by atoms with van der Waals surface area (Å²) in [5.41, 5.74) is 1.86. The summed E-state index contributed by atoms with van der Waals surface area (Å²) in [6, 6.07) is 3.61. The lowest BCUT2D eigenvalue weighted by atomic mass is 10.0. The van der Waals surface area contributed by atoms with Crippen molar-refractivity contribution in [2.45, 2.75) is 12.8 Å². The topological polar surface area (TPSA) is 12.0 Å². The minimum atomic E-state index is -0.518. The van der Waals surface area contributed by atoms with E-state index in [0.717, 1.165) is 32.0 Å². The molecule has 1 aromatic rings. The van der Waals surface area contributed by atoms with Crippen LogP contribution in [0.5, 0.6) is 0 Å². The van der Waals surface area contributed by atoms with Crippen LogP contribution in [0.1, 0.15) is 18.4 Å². The van der Waals surface area contributed by atoms with Crippen molar-refractivity contribution in [3.05, 3.63) is 41.0 Å². The van der Waals surface area contributed by atoms with E-state index in [4.69, 9.17) is 0 Å². The van der Waals surface area contributed by atoms with E-state index < -0.39 is 11.6 Å². The first-order valence-corrected chi connectivity index (χ1v) is 5.10. The van der Waals surface area contributed by atoms with E-state index in [-0.39, 0.29) is 12.4 Å². The maximum Gasteiger partial charge on any atom is 0.126 e. The lowest BCUT2D eigenvalue weighted by Crippen LogP contribution is -2.22. The molecule has 0 amide bonds. The van der Waals surface area contributed by atoms with Crippen molar-refractivity contribution in [1.29, 1.82) is 0 Å². The summed E-state index contributed by atoms with van der Waals surface area (Å²) in [4.78, 5) is 0. The number of benzene rings is 1. The number of hydrogen-bond acceptors (Lipinski definition) is 1. The third kappa shape index (κ3) is 3.58. The van der Waals surface area contributed by atoms with Crippen molar-refractivity contribution < 1.29 is 8.78 Å². The van der Waals surface area contributed by atoms with Crippen LogP contribution in [0.4, 0.5) is 8.78 Å². The van der Waals surface area contributed by atoms with Crippen molar-refractivity contribution in [2.24, 2.45) is 0 Å². The standard InChI is InChI=1S/C12H13F2N.ClH/c13-11-6-10(7-12(14)8-11)5-9-1-3-15-4-2-9;/h5-8,15H,1-4H2;1H. The predicted molar refractivity (Wildman–Crippen MR) is 63.7 cm³/mol. The van der Waals surface area contributed by atoms with Crippen LogP contribution < -0.4 is 5.32 Å². The molecular formula is C12H14ClF2N. The maximum atomic E-state index is 12.9. The molecule has 1 N–H and O–H groups in total. The van der Waals surface area contributed by atoms with Crippen LogP contribution in [-0.2, 0) is 0 Å². The third-order valence-corrected chi connectivity index (χ3v) is 2.50. The van der Waals surface area contributed by atoms with E-state index in [1.165, 1.54) is 17.7 Å². The number of halogens is 3. The van der Waals surface area contributed by atoms with Crippen LogP contribution in [0.15, 0.2) is 23.8 Å². The van der Waals surface area contributed by atoms with Gasteiger partial charge >= 0.3 is 0 Å². The van der Waals surface area contributed by atoms with Crippen molar-refractivity contribution in [3.8, 4) is 0 Å². The second-order valence-electron chi connectivity index (χ2n) is 3.76. The van der Waals surface area contributed by atoms with Crippen LogP contribution in [-0.4, -0.2) is 13.1 Å². The third-order valence-electron chi connectivity index (χ3n) is 2.50. The first-order valence-electron chi connectivity index (χ1n) is 5.10. The molecule has 0 aromatic heterocycles. The Morgan fingerprint density at radius 3 is 2.12 bits per heavy atom. The van der Waals surface area contributed by atoms with Gasteiger partial charge in [0.25, 0.3) is 0 Å². The molecule has 1 aliphatic heterocycles. The molecule has 0 aliphatic carbocycles. The minimum absolute atomic E-state index is 0. The number of rotatable bonds is 1. The molecule has 1 aliphatic rings. The Bertz CT molecular complexity index is 362. The normalized spacial score (nSPS) is 15.5. The van der Waals surface area contributed by atoms with Gasteiger partial charge in [-0.15, -0.1) is 12.4 Å². The highest BCUT2D eigenvalue weighted by Gasteiger charge is 2.05. The average molecular weight is 246 g/mol. The quantitative estimate of drug-likeness (QED) is 0.802. The zero-order valence-electron chi connectivity index (χ0n) is 8.80. The van der Waals surface area contributed by atoms with E-state index in [9.17, 15) is 8.78 Å². The lowest BCUT2D eigenvalue weighted by Gasteiger charge is -2.15. The molecule has 0 radical (unpaired) electrons. The fraction of sp³-hybridized carbons (Fsp3) is 0.333. The Balaban J connectivity index is 0.00000128. The van der Waals surface area contributed by atoms with Gasteiger partial charge in [0.1, 0.15) is 11.6 Å². The summed E-state index contributed by atoms with van der Waals surface area (Å²) in [5.74, 6) is -1.04. The molecule has 0 atom stereocenters. The molecule has 0 saturated carbocycles. The van der Waals surface area contributed by atoms with Crippen LogP contribution in [0.25, 0.3) is 6.08 Å². The lowest BCUT2D eigenvalue weighted by molar-refractivity contribution is 0.582. The summed E-state index contributed by atoms with van der Waals surface area (Å²) in [5, 5.41) is 3.23. The largest absolute Gasteiger partial charge is 0.316 e. The number of piperidine rings is 1. The Morgan fingerprint density at radius 2 is 1.56 bits per heavy atom. The fourth-order valence-electron chi connectivity index (χ4n) is 1.79. The van der Waals surface area contributed by atoms with Crippen molar-refractivity contribution >= 4 is 18.5 Å². The van der Waals surface area contributed by atoms with Gasteiger partial charge in [-0.2, -0.15) is 0 Å². The van der Waals surface area contributed by atoms with Gasteiger partial charge in [0.2, 0.25) is 0 Å². The van der Waals surface area contributed by atoms with Crippen molar-refractivity contribution in [1.82, 2.24) is 5.32 Å². The van der Waals surface area contributed by atoms with E-state index in [2.05, 4.69) is 5.32 Å². The average Bonchev–Trinajstić information content (AvgIpc) is 2.17. The highest BCUT2D eigenvalue weighted by atomic mass is 35.5. The SMILES string of the molecule is Cl.Fc1cc(F)cc(C=C2CCNCC2)c1. The van der Waals surface area contributed by atoms with E-state index in [1.807, 2.05) is 6.08 Å². The van der Waals surface area contributed by atoms with Gasteiger partial charge in [0, 0.05) is 6.07 Å². The Kier molecular flexibility index (Phi) is 4.90. The smallest absolute Gasteiger partial charge is 0.126 e. The first-order chi connectivity index (χ1) is 7.24. The highest BCUT2D eigenvalue weighted by Crippen LogP contribution is 2.17. The van der Waals surface area contributed by atoms with Crippen LogP contribution in [0.2, 0.25) is 0 Å².